The zero-order valence-corrected chi connectivity index (χ0v) is 14.2. The average molecular weight is 296 g/mol. The lowest BCUT2D eigenvalue weighted by molar-refractivity contribution is -0.186. The Morgan fingerprint density at radius 2 is 1.95 bits per heavy atom. The first-order valence-corrected chi connectivity index (χ1v) is 8.33. The molecule has 0 bridgehead atoms. The number of rotatable bonds is 5. The topological polar surface area (TPSA) is 24.5 Å². The second-order valence-corrected chi connectivity index (χ2v) is 8.12. The van der Waals surface area contributed by atoms with Gasteiger partial charge in [-0.15, -0.1) is 11.3 Å². The summed E-state index contributed by atoms with van der Waals surface area (Å²) in [6.07, 6.45) is 0. The fourth-order valence-corrected chi connectivity index (χ4v) is 3.78. The number of thiophene rings is 1. The van der Waals surface area contributed by atoms with Crippen LogP contribution in [0.4, 0.5) is 0 Å². The molecule has 3 nitrogen and oxygen atoms in total. The molecule has 2 heterocycles. The molecule has 1 aromatic heterocycles. The maximum absolute atomic E-state index is 6.14. The van der Waals surface area contributed by atoms with Gasteiger partial charge in [-0.3, -0.25) is 4.90 Å². The van der Waals surface area contributed by atoms with Gasteiger partial charge >= 0.3 is 0 Å². The Kier molecular flexibility index (Phi) is 4.90. The molecule has 1 fully saturated rings. The molecule has 0 aromatic carbocycles. The molecule has 0 aliphatic carbocycles. The molecule has 0 saturated carbocycles. The van der Waals surface area contributed by atoms with Gasteiger partial charge in [0.05, 0.1) is 11.2 Å². The lowest BCUT2D eigenvalue weighted by Gasteiger charge is -2.49. The third-order valence-corrected chi connectivity index (χ3v) is 4.54. The van der Waals surface area contributed by atoms with Crippen molar-refractivity contribution in [1.82, 2.24) is 10.2 Å². The lowest BCUT2D eigenvalue weighted by atomic mass is 9.97. The highest BCUT2D eigenvalue weighted by atomic mass is 32.1. The third kappa shape index (κ3) is 4.55. The van der Waals surface area contributed by atoms with Gasteiger partial charge in [0.1, 0.15) is 0 Å². The van der Waals surface area contributed by atoms with Crippen molar-refractivity contribution in [3.63, 3.8) is 0 Å². The van der Waals surface area contributed by atoms with E-state index < -0.39 is 0 Å². The first-order valence-electron chi connectivity index (χ1n) is 7.45. The quantitative estimate of drug-likeness (QED) is 0.903. The van der Waals surface area contributed by atoms with Crippen molar-refractivity contribution in [2.24, 2.45) is 0 Å². The molecule has 114 valence electrons. The van der Waals surface area contributed by atoms with Crippen molar-refractivity contribution in [2.45, 2.75) is 58.4 Å². The van der Waals surface area contributed by atoms with E-state index in [1.54, 1.807) is 0 Å². The molecule has 1 saturated heterocycles. The van der Waals surface area contributed by atoms with E-state index in [1.807, 2.05) is 11.3 Å². The van der Waals surface area contributed by atoms with Crippen molar-refractivity contribution in [3.8, 4) is 0 Å². The van der Waals surface area contributed by atoms with Gasteiger partial charge in [-0.25, -0.2) is 0 Å². The minimum atomic E-state index is -0.0657. The Balaban J connectivity index is 1.83. The van der Waals surface area contributed by atoms with Gasteiger partial charge in [0.25, 0.3) is 0 Å². The summed E-state index contributed by atoms with van der Waals surface area (Å²) in [6, 6.07) is 4.82. The van der Waals surface area contributed by atoms with E-state index in [4.69, 9.17) is 4.74 Å². The lowest BCUT2D eigenvalue weighted by Crippen LogP contribution is -2.60. The summed E-state index contributed by atoms with van der Waals surface area (Å²) in [5.74, 6) is 0. The van der Waals surface area contributed by atoms with Crippen molar-refractivity contribution in [2.75, 3.05) is 19.6 Å². The van der Waals surface area contributed by atoms with Gasteiger partial charge in [0.15, 0.2) is 0 Å². The van der Waals surface area contributed by atoms with E-state index in [2.05, 4.69) is 62.3 Å². The average Bonchev–Trinajstić information content (AvgIpc) is 2.77. The molecule has 1 aliphatic rings. The van der Waals surface area contributed by atoms with Crippen LogP contribution in [0.1, 0.15) is 39.5 Å². The summed E-state index contributed by atoms with van der Waals surface area (Å²) in [5, 5.41) is 5.70. The van der Waals surface area contributed by atoms with Crippen molar-refractivity contribution in [3.05, 3.63) is 22.4 Å². The summed E-state index contributed by atoms with van der Waals surface area (Å²) < 4.78 is 6.14. The fraction of sp³-hybridized carbons (Fsp3) is 0.750. The fourth-order valence-electron chi connectivity index (χ4n) is 3.10. The molecule has 2 rings (SSSR count). The van der Waals surface area contributed by atoms with Crippen LogP contribution in [0.5, 0.6) is 0 Å². The molecule has 1 N–H and O–H groups in total. The van der Waals surface area contributed by atoms with Gasteiger partial charge in [-0.1, -0.05) is 6.07 Å². The van der Waals surface area contributed by atoms with Gasteiger partial charge < -0.3 is 10.1 Å². The van der Waals surface area contributed by atoms with Crippen LogP contribution >= 0.6 is 11.3 Å². The van der Waals surface area contributed by atoms with Crippen LogP contribution in [-0.4, -0.2) is 41.8 Å². The number of nitrogens with zero attached hydrogens (tertiary/aromatic N) is 1. The van der Waals surface area contributed by atoms with Crippen LogP contribution < -0.4 is 5.32 Å². The van der Waals surface area contributed by atoms with Crippen molar-refractivity contribution in [1.29, 1.82) is 0 Å². The van der Waals surface area contributed by atoms with E-state index in [1.165, 1.54) is 4.88 Å². The number of hydrogen-bond donors (Lipinski definition) is 1. The third-order valence-electron chi connectivity index (χ3n) is 3.66. The smallest absolute Gasteiger partial charge is 0.0760 e. The predicted molar refractivity (Wildman–Crippen MR) is 86.3 cm³/mol. The van der Waals surface area contributed by atoms with E-state index >= 15 is 0 Å². The van der Waals surface area contributed by atoms with Crippen LogP contribution in [0.15, 0.2) is 17.5 Å². The van der Waals surface area contributed by atoms with Gasteiger partial charge in [0, 0.05) is 37.1 Å². The van der Waals surface area contributed by atoms with Gasteiger partial charge in [-0.2, -0.15) is 0 Å². The number of ether oxygens (including phenoxy) is 1. The SMILES string of the molecule is CC(CNCc1cccs1)N1CC(C)(C)OC(C)(C)C1. The number of nitrogens with one attached hydrogen (secondary N) is 1. The van der Waals surface area contributed by atoms with Crippen molar-refractivity contribution >= 4 is 11.3 Å². The largest absolute Gasteiger partial charge is 0.367 e. The molecule has 20 heavy (non-hydrogen) atoms. The van der Waals surface area contributed by atoms with E-state index in [0.29, 0.717) is 6.04 Å². The Hall–Kier alpha value is -0.420. The Morgan fingerprint density at radius 1 is 1.30 bits per heavy atom. The van der Waals surface area contributed by atoms with E-state index in [9.17, 15) is 0 Å². The maximum atomic E-state index is 6.14. The number of morpholine rings is 1. The summed E-state index contributed by atoms with van der Waals surface area (Å²) in [7, 11) is 0. The molecular formula is C16H28N2OS. The van der Waals surface area contributed by atoms with Gasteiger partial charge in [0.2, 0.25) is 0 Å². The minimum absolute atomic E-state index is 0.0657. The molecular weight excluding hydrogens is 268 g/mol. The Morgan fingerprint density at radius 3 is 2.50 bits per heavy atom. The highest BCUT2D eigenvalue weighted by molar-refractivity contribution is 7.09. The maximum Gasteiger partial charge on any atom is 0.0760 e. The van der Waals surface area contributed by atoms with E-state index in [-0.39, 0.29) is 11.2 Å². The molecule has 0 radical (unpaired) electrons. The summed E-state index contributed by atoms with van der Waals surface area (Å²) in [4.78, 5) is 3.95. The Labute approximate surface area is 127 Å². The molecule has 1 aliphatic heterocycles. The van der Waals surface area contributed by atoms with Gasteiger partial charge in [-0.05, 0) is 46.1 Å². The second-order valence-electron chi connectivity index (χ2n) is 7.09. The standard InChI is InChI=1S/C16H28N2OS/c1-13(9-17-10-14-7-6-8-20-14)18-11-15(2,3)19-16(4,5)12-18/h6-8,13,17H,9-12H2,1-5H3. The zero-order valence-electron chi connectivity index (χ0n) is 13.4. The monoisotopic (exact) mass is 296 g/mol. The Bertz CT molecular complexity index is 398. The van der Waals surface area contributed by atoms with Crippen LogP contribution in [0.3, 0.4) is 0 Å². The molecule has 1 unspecified atom stereocenters. The number of hydrogen-bond acceptors (Lipinski definition) is 4. The minimum Gasteiger partial charge on any atom is -0.367 e. The summed E-state index contributed by atoms with van der Waals surface area (Å²) in [5.41, 5.74) is -0.131. The highest BCUT2D eigenvalue weighted by Gasteiger charge is 2.39. The zero-order chi connectivity index (χ0) is 14.8. The van der Waals surface area contributed by atoms with Crippen LogP contribution in [0.2, 0.25) is 0 Å². The molecule has 1 atom stereocenters. The van der Waals surface area contributed by atoms with Crippen LogP contribution in [0, 0.1) is 0 Å². The predicted octanol–water partition coefficient (Wildman–Crippen LogP) is 3.12. The molecule has 0 amide bonds. The normalized spacial score (nSPS) is 23.6. The molecule has 0 spiro atoms. The van der Waals surface area contributed by atoms with Crippen LogP contribution in [0.25, 0.3) is 0 Å². The van der Waals surface area contributed by atoms with E-state index in [0.717, 1.165) is 26.2 Å². The molecule has 4 heteroatoms. The molecule has 1 aromatic rings. The van der Waals surface area contributed by atoms with Crippen molar-refractivity contribution < 1.29 is 4.74 Å². The first-order chi connectivity index (χ1) is 9.27. The first kappa shape index (κ1) is 16.0. The summed E-state index contributed by atoms with van der Waals surface area (Å²) in [6.45, 7) is 15.0. The summed E-state index contributed by atoms with van der Waals surface area (Å²) >= 11 is 1.81. The van der Waals surface area contributed by atoms with Crippen LogP contribution in [-0.2, 0) is 11.3 Å². The second kappa shape index (κ2) is 6.14. The highest BCUT2D eigenvalue weighted by Crippen LogP contribution is 2.29.